The quantitative estimate of drug-likeness (QED) is 0.661. The summed E-state index contributed by atoms with van der Waals surface area (Å²) in [6.07, 6.45) is 0. The summed E-state index contributed by atoms with van der Waals surface area (Å²) in [5.74, 6) is -0.208. The Morgan fingerprint density at radius 2 is 2.36 bits per heavy atom. The molecule has 6 nitrogen and oxygen atoms in total. The van der Waals surface area contributed by atoms with Gasteiger partial charge in [-0.25, -0.2) is 4.98 Å². The third kappa shape index (κ3) is 1.53. The second-order valence-electron chi connectivity index (χ2n) is 2.68. The molecule has 0 aliphatic carbocycles. The van der Waals surface area contributed by atoms with Gasteiger partial charge in [-0.3, -0.25) is 4.79 Å². The van der Waals surface area contributed by atoms with E-state index in [2.05, 4.69) is 20.4 Å². The average molecular weight is 209 g/mol. The Bertz CT molecular complexity index is 432. The fraction of sp³-hybridized carbons (Fsp3) is 0.286. The van der Waals surface area contributed by atoms with Crippen LogP contribution < -0.4 is 0 Å². The van der Waals surface area contributed by atoms with Gasteiger partial charge in [0.25, 0.3) is 5.78 Å². The highest BCUT2D eigenvalue weighted by Gasteiger charge is 2.16. The third-order valence-corrected chi connectivity index (χ3v) is 2.34. The molecular formula is C7H7N5OS. The highest BCUT2D eigenvalue weighted by molar-refractivity contribution is 7.09. The summed E-state index contributed by atoms with van der Waals surface area (Å²) in [6.45, 7) is 1.84. The van der Waals surface area contributed by atoms with Crippen LogP contribution in [0, 0.1) is 6.92 Å². The second kappa shape index (κ2) is 3.26. The van der Waals surface area contributed by atoms with Gasteiger partial charge < -0.3 is 0 Å². The fourth-order valence-corrected chi connectivity index (χ4v) is 1.55. The van der Waals surface area contributed by atoms with Gasteiger partial charge in [-0.05, 0) is 12.1 Å². The number of ketones is 1. The largest absolute Gasteiger partial charge is 0.283 e. The number of carbonyl (C=O) groups excluding carboxylic acids is 1. The summed E-state index contributed by atoms with van der Waals surface area (Å²) >= 11 is 1.42. The number of tetrazole rings is 1. The number of aryl methyl sites for hydroxylation is 2. The van der Waals surface area contributed by atoms with E-state index in [0.717, 1.165) is 5.01 Å². The van der Waals surface area contributed by atoms with E-state index in [1.165, 1.54) is 16.1 Å². The minimum absolute atomic E-state index is 0.0813. The molecule has 2 aromatic heterocycles. The molecule has 0 unspecified atom stereocenters. The van der Waals surface area contributed by atoms with E-state index < -0.39 is 0 Å². The van der Waals surface area contributed by atoms with E-state index in [9.17, 15) is 4.79 Å². The zero-order valence-corrected chi connectivity index (χ0v) is 8.45. The van der Waals surface area contributed by atoms with Gasteiger partial charge in [0.05, 0.1) is 12.1 Å². The van der Waals surface area contributed by atoms with Crippen LogP contribution in [0.15, 0.2) is 5.38 Å². The molecule has 0 fully saturated rings. The molecule has 0 aromatic carbocycles. The molecule has 0 aliphatic heterocycles. The molecule has 2 aromatic rings. The SMILES string of the molecule is Cc1nc(C(=O)c2nnn(C)n2)cs1. The Kier molecular flexibility index (Phi) is 2.08. The van der Waals surface area contributed by atoms with Crippen molar-refractivity contribution in [3.63, 3.8) is 0 Å². The zero-order valence-electron chi connectivity index (χ0n) is 7.63. The molecule has 72 valence electrons. The summed E-state index contributed by atoms with van der Waals surface area (Å²) in [4.78, 5) is 16.9. The van der Waals surface area contributed by atoms with Crippen molar-refractivity contribution >= 4 is 17.1 Å². The summed E-state index contributed by atoms with van der Waals surface area (Å²) in [5.41, 5.74) is 0.375. The Morgan fingerprint density at radius 3 is 2.86 bits per heavy atom. The van der Waals surface area contributed by atoms with Crippen molar-refractivity contribution < 1.29 is 4.79 Å². The van der Waals surface area contributed by atoms with Gasteiger partial charge in [-0.15, -0.1) is 21.5 Å². The normalized spacial score (nSPS) is 10.4. The van der Waals surface area contributed by atoms with E-state index >= 15 is 0 Å². The second-order valence-corrected chi connectivity index (χ2v) is 3.75. The van der Waals surface area contributed by atoms with Crippen molar-refractivity contribution in [1.29, 1.82) is 0 Å². The zero-order chi connectivity index (χ0) is 10.1. The Balaban J connectivity index is 2.33. The number of aromatic nitrogens is 5. The molecule has 2 heterocycles. The Morgan fingerprint density at radius 1 is 1.57 bits per heavy atom. The average Bonchev–Trinajstić information content (AvgIpc) is 2.73. The number of hydrogen-bond acceptors (Lipinski definition) is 6. The number of hydrogen-bond donors (Lipinski definition) is 0. The molecule has 0 atom stereocenters. The summed E-state index contributed by atoms with van der Waals surface area (Å²) in [6, 6.07) is 0. The predicted octanol–water partition coefficient (Wildman–Crippen LogP) is 0.206. The van der Waals surface area contributed by atoms with E-state index in [1.807, 2.05) is 6.92 Å². The number of nitrogens with zero attached hydrogens (tertiary/aromatic N) is 5. The first-order chi connectivity index (χ1) is 6.66. The smallest absolute Gasteiger partial charge is 0.253 e. The van der Waals surface area contributed by atoms with Gasteiger partial charge in [0.1, 0.15) is 5.69 Å². The summed E-state index contributed by atoms with van der Waals surface area (Å²) in [5, 5.41) is 13.5. The minimum atomic E-state index is -0.289. The fourth-order valence-electron chi connectivity index (χ4n) is 0.957. The van der Waals surface area contributed by atoms with Crippen LogP contribution in [-0.2, 0) is 7.05 Å². The lowest BCUT2D eigenvalue weighted by Crippen LogP contribution is -2.05. The number of rotatable bonds is 2. The molecule has 0 bridgehead atoms. The van der Waals surface area contributed by atoms with Gasteiger partial charge in [-0.1, -0.05) is 0 Å². The number of carbonyl (C=O) groups is 1. The van der Waals surface area contributed by atoms with Crippen LogP contribution in [0.3, 0.4) is 0 Å². The van der Waals surface area contributed by atoms with Crippen LogP contribution in [0.2, 0.25) is 0 Å². The molecule has 0 radical (unpaired) electrons. The molecular weight excluding hydrogens is 202 g/mol. The lowest BCUT2D eigenvalue weighted by Gasteiger charge is -1.86. The van der Waals surface area contributed by atoms with Crippen LogP contribution in [0.25, 0.3) is 0 Å². The Labute approximate surface area is 83.6 Å². The van der Waals surface area contributed by atoms with Gasteiger partial charge in [0, 0.05) is 5.38 Å². The molecule has 7 heteroatoms. The van der Waals surface area contributed by atoms with Crippen LogP contribution >= 0.6 is 11.3 Å². The first-order valence-corrected chi connectivity index (χ1v) is 4.75. The monoisotopic (exact) mass is 209 g/mol. The number of thiazole rings is 1. The van der Waals surface area contributed by atoms with Gasteiger partial charge >= 0.3 is 0 Å². The highest BCUT2D eigenvalue weighted by Crippen LogP contribution is 2.10. The van der Waals surface area contributed by atoms with Crippen molar-refractivity contribution in [2.45, 2.75) is 6.92 Å². The van der Waals surface area contributed by atoms with Crippen LogP contribution in [-0.4, -0.2) is 31.0 Å². The first kappa shape index (κ1) is 8.95. The summed E-state index contributed by atoms with van der Waals surface area (Å²) in [7, 11) is 1.61. The van der Waals surface area contributed by atoms with E-state index in [-0.39, 0.29) is 11.6 Å². The molecule has 0 saturated carbocycles. The molecule has 0 spiro atoms. The molecule has 2 rings (SSSR count). The maximum absolute atomic E-state index is 11.6. The lowest BCUT2D eigenvalue weighted by molar-refractivity contribution is 0.102. The first-order valence-electron chi connectivity index (χ1n) is 3.87. The maximum atomic E-state index is 11.6. The molecule has 14 heavy (non-hydrogen) atoms. The Hall–Kier alpha value is -1.63. The van der Waals surface area contributed by atoms with E-state index in [0.29, 0.717) is 5.69 Å². The van der Waals surface area contributed by atoms with Crippen LogP contribution in [0.1, 0.15) is 21.3 Å². The van der Waals surface area contributed by atoms with Crippen molar-refractivity contribution in [2.24, 2.45) is 7.05 Å². The van der Waals surface area contributed by atoms with Gasteiger partial charge in [-0.2, -0.15) is 4.80 Å². The lowest BCUT2D eigenvalue weighted by atomic mass is 10.3. The van der Waals surface area contributed by atoms with E-state index in [1.54, 1.807) is 12.4 Å². The van der Waals surface area contributed by atoms with E-state index in [4.69, 9.17) is 0 Å². The van der Waals surface area contributed by atoms with Gasteiger partial charge in [0.2, 0.25) is 5.82 Å². The van der Waals surface area contributed by atoms with Crippen molar-refractivity contribution in [1.82, 2.24) is 25.2 Å². The standard InChI is InChI=1S/C7H7N5OS/c1-4-8-5(3-14-4)6(13)7-9-11-12(2)10-7/h3H,1-2H3. The molecule has 0 saturated heterocycles. The van der Waals surface area contributed by atoms with Crippen molar-refractivity contribution in [3.05, 3.63) is 21.9 Å². The summed E-state index contributed by atoms with van der Waals surface area (Å²) < 4.78 is 0. The van der Waals surface area contributed by atoms with Crippen molar-refractivity contribution in [3.8, 4) is 0 Å². The maximum Gasteiger partial charge on any atom is 0.253 e. The third-order valence-electron chi connectivity index (χ3n) is 1.56. The van der Waals surface area contributed by atoms with Crippen LogP contribution in [0.5, 0.6) is 0 Å². The predicted molar refractivity (Wildman–Crippen MR) is 49.1 cm³/mol. The van der Waals surface area contributed by atoms with Gasteiger partial charge in [0.15, 0.2) is 0 Å². The minimum Gasteiger partial charge on any atom is -0.283 e. The topological polar surface area (TPSA) is 73.6 Å². The molecule has 0 aliphatic rings. The van der Waals surface area contributed by atoms with Crippen molar-refractivity contribution in [2.75, 3.05) is 0 Å². The highest BCUT2D eigenvalue weighted by atomic mass is 32.1. The molecule has 0 N–H and O–H groups in total. The molecule has 0 amide bonds. The van der Waals surface area contributed by atoms with Crippen LogP contribution in [0.4, 0.5) is 0 Å².